The summed E-state index contributed by atoms with van der Waals surface area (Å²) in [5, 5.41) is 9.12. The number of carboxylic acid groups (broad SMARTS) is 1. The van der Waals surface area contributed by atoms with Crippen molar-refractivity contribution in [2.45, 2.75) is 38.2 Å². The van der Waals surface area contributed by atoms with Gasteiger partial charge in [-0.1, -0.05) is 12.8 Å². The van der Waals surface area contributed by atoms with E-state index in [1.54, 1.807) is 0 Å². The lowest BCUT2D eigenvalue weighted by Crippen LogP contribution is -2.41. The van der Waals surface area contributed by atoms with Crippen LogP contribution in [-0.4, -0.2) is 23.8 Å². The largest absolute Gasteiger partial charge is 0.481 e. The number of hydrogen-bond acceptors (Lipinski definition) is 2. The molecule has 0 spiro atoms. The number of rotatable bonds is 1. The second-order valence-corrected chi connectivity index (χ2v) is 3.82. The van der Waals surface area contributed by atoms with Gasteiger partial charge in [-0.25, -0.2) is 0 Å². The van der Waals surface area contributed by atoms with Crippen LogP contribution >= 0.6 is 0 Å². The van der Waals surface area contributed by atoms with E-state index in [0.717, 1.165) is 25.7 Å². The highest BCUT2D eigenvalue weighted by molar-refractivity contribution is 5.76. The van der Waals surface area contributed by atoms with Crippen LogP contribution in [0.4, 0.5) is 0 Å². The molecule has 2 atom stereocenters. The predicted molar refractivity (Wildman–Crippen MR) is 42.9 cm³/mol. The zero-order chi connectivity index (χ0) is 8.60. The Labute approximate surface area is 71.7 Å². The Morgan fingerprint density at radius 2 is 2.25 bits per heavy atom. The lowest BCUT2D eigenvalue weighted by Gasteiger charge is -2.33. The molecule has 1 aliphatic carbocycles. The molecule has 0 aromatic heterocycles. The fraction of sp³-hybridized carbons (Fsp3) is 0.889. The Bertz CT molecular complexity index is 202. The Morgan fingerprint density at radius 3 is 2.92 bits per heavy atom. The van der Waals surface area contributed by atoms with Crippen LogP contribution in [0.15, 0.2) is 0 Å². The Kier molecular flexibility index (Phi) is 1.83. The van der Waals surface area contributed by atoms with Crippen LogP contribution < -0.4 is 0 Å². The Morgan fingerprint density at radius 1 is 1.42 bits per heavy atom. The topological polar surface area (TPSA) is 46.5 Å². The number of aliphatic carboxylic acids is 1. The smallest absolute Gasteiger partial charge is 0.312 e. The highest BCUT2D eigenvalue weighted by Gasteiger charge is 2.51. The zero-order valence-electron chi connectivity index (χ0n) is 7.08. The van der Waals surface area contributed by atoms with Gasteiger partial charge in [0.25, 0.3) is 0 Å². The summed E-state index contributed by atoms with van der Waals surface area (Å²) in [5.41, 5.74) is -0.516. The minimum Gasteiger partial charge on any atom is -0.481 e. The van der Waals surface area contributed by atoms with E-state index in [2.05, 4.69) is 0 Å². The molecule has 0 radical (unpaired) electrons. The molecule has 1 aliphatic heterocycles. The maximum atomic E-state index is 11.1. The van der Waals surface area contributed by atoms with Crippen molar-refractivity contribution in [1.29, 1.82) is 0 Å². The number of hydrogen-bond donors (Lipinski definition) is 1. The first kappa shape index (κ1) is 8.05. The quantitative estimate of drug-likeness (QED) is 0.647. The van der Waals surface area contributed by atoms with E-state index in [-0.39, 0.29) is 6.10 Å². The molecule has 0 aromatic carbocycles. The minimum absolute atomic E-state index is 0.00347. The van der Waals surface area contributed by atoms with E-state index in [0.29, 0.717) is 13.0 Å². The third-order valence-electron chi connectivity index (χ3n) is 3.25. The van der Waals surface area contributed by atoms with Crippen molar-refractivity contribution < 1.29 is 14.6 Å². The van der Waals surface area contributed by atoms with E-state index >= 15 is 0 Å². The highest BCUT2D eigenvalue weighted by Crippen LogP contribution is 2.45. The standard InChI is InChI=1S/C9H14O3/c10-8(11)9-4-2-1-3-7(9)12-6-5-9/h7H,1-6H2,(H,10,11)/t7-,9+/m0/s1. The van der Waals surface area contributed by atoms with E-state index < -0.39 is 11.4 Å². The van der Waals surface area contributed by atoms with Gasteiger partial charge in [0.05, 0.1) is 11.5 Å². The molecular weight excluding hydrogens is 156 g/mol. The van der Waals surface area contributed by atoms with E-state index in [9.17, 15) is 4.79 Å². The van der Waals surface area contributed by atoms with Crippen molar-refractivity contribution in [2.24, 2.45) is 5.41 Å². The average molecular weight is 170 g/mol. The fourth-order valence-electron chi connectivity index (χ4n) is 2.47. The molecule has 1 heterocycles. The molecule has 2 fully saturated rings. The number of carboxylic acids is 1. The summed E-state index contributed by atoms with van der Waals surface area (Å²) >= 11 is 0. The van der Waals surface area contributed by atoms with Gasteiger partial charge in [-0.15, -0.1) is 0 Å². The monoisotopic (exact) mass is 170 g/mol. The first-order chi connectivity index (χ1) is 5.76. The summed E-state index contributed by atoms with van der Waals surface area (Å²) in [6.45, 7) is 0.636. The number of fused-ring (bicyclic) bond motifs is 1. The maximum absolute atomic E-state index is 11.1. The van der Waals surface area contributed by atoms with Crippen molar-refractivity contribution in [1.82, 2.24) is 0 Å². The van der Waals surface area contributed by atoms with Crippen LogP contribution in [0, 0.1) is 5.41 Å². The normalized spacial score (nSPS) is 40.8. The van der Waals surface area contributed by atoms with E-state index in [1.165, 1.54) is 0 Å². The lowest BCUT2D eigenvalue weighted by atomic mass is 9.71. The Balaban J connectivity index is 2.23. The maximum Gasteiger partial charge on any atom is 0.312 e. The molecule has 1 saturated heterocycles. The van der Waals surface area contributed by atoms with Gasteiger partial charge in [0.2, 0.25) is 0 Å². The molecule has 1 saturated carbocycles. The molecule has 0 unspecified atom stereocenters. The molecule has 68 valence electrons. The first-order valence-corrected chi connectivity index (χ1v) is 4.61. The molecule has 12 heavy (non-hydrogen) atoms. The number of ether oxygens (including phenoxy) is 1. The molecule has 0 aromatic rings. The minimum atomic E-state index is -0.648. The SMILES string of the molecule is O=C(O)[C@@]12CCCC[C@@H]1OCC2. The highest BCUT2D eigenvalue weighted by atomic mass is 16.5. The van der Waals surface area contributed by atoms with E-state index in [1.807, 2.05) is 0 Å². The molecule has 1 N–H and O–H groups in total. The first-order valence-electron chi connectivity index (χ1n) is 4.61. The van der Waals surface area contributed by atoms with Crippen LogP contribution in [0.25, 0.3) is 0 Å². The van der Waals surface area contributed by atoms with Gasteiger partial charge in [0.15, 0.2) is 0 Å². The summed E-state index contributed by atoms with van der Waals surface area (Å²) in [6, 6.07) is 0. The molecular formula is C9H14O3. The van der Waals surface area contributed by atoms with Gasteiger partial charge >= 0.3 is 5.97 Å². The van der Waals surface area contributed by atoms with E-state index in [4.69, 9.17) is 9.84 Å². The third-order valence-corrected chi connectivity index (χ3v) is 3.25. The van der Waals surface area contributed by atoms with Crippen molar-refractivity contribution in [3.63, 3.8) is 0 Å². The molecule has 0 bridgehead atoms. The predicted octanol–water partition coefficient (Wildman–Crippen LogP) is 1.42. The van der Waals surface area contributed by atoms with Crippen LogP contribution in [0.5, 0.6) is 0 Å². The van der Waals surface area contributed by atoms with Gasteiger partial charge in [-0.3, -0.25) is 4.79 Å². The fourth-order valence-corrected chi connectivity index (χ4v) is 2.47. The van der Waals surface area contributed by atoms with Gasteiger partial charge in [0, 0.05) is 6.61 Å². The van der Waals surface area contributed by atoms with Crippen molar-refractivity contribution in [3.05, 3.63) is 0 Å². The molecule has 2 rings (SSSR count). The van der Waals surface area contributed by atoms with Crippen LogP contribution in [0.1, 0.15) is 32.1 Å². The molecule has 3 nitrogen and oxygen atoms in total. The summed E-state index contributed by atoms with van der Waals surface area (Å²) in [5.74, 6) is -0.648. The van der Waals surface area contributed by atoms with Gasteiger partial charge in [-0.05, 0) is 19.3 Å². The van der Waals surface area contributed by atoms with Crippen LogP contribution in [0.2, 0.25) is 0 Å². The van der Waals surface area contributed by atoms with Crippen LogP contribution in [-0.2, 0) is 9.53 Å². The third kappa shape index (κ3) is 0.959. The van der Waals surface area contributed by atoms with Crippen molar-refractivity contribution in [3.8, 4) is 0 Å². The second kappa shape index (κ2) is 2.73. The number of carbonyl (C=O) groups is 1. The molecule has 3 heteroatoms. The van der Waals surface area contributed by atoms with Crippen molar-refractivity contribution in [2.75, 3.05) is 6.61 Å². The zero-order valence-corrected chi connectivity index (χ0v) is 7.08. The summed E-state index contributed by atoms with van der Waals surface area (Å²) in [7, 11) is 0. The van der Waals surface area contributed by atoms with Crippen LogP contribution in [0.3, 0.4) is 0 Å². The molecule has 2 aliphatic rings. The second-order valence-electron chi connectivity index (χ2n) is 3.82. The molecule has 0 amide bonds. The van der Waals surface area contributed by atoms with Gasteiger partial charge in [0.1, 0.15) is 0 Å². The summed E-state index contributed by atoms with van der Waals surface area (Å²) < 4.78 is 5.44. The lowest BCUT2D eigenvalue weighted by molar-refractivity contribution is -0.155. The summed E-state index contributed by atoms with van der Waals surface area (Å²) in [6.07, 6.45) is 4.64. The Hall–Kier alpha value is -0.570. The van der Waals surface area contributed by atoms with Gasteiger partial charge < -0.3 is 9.84 Å². The van der Waals surface area contributed by atoms with Gasteiger partial charge in [-0.2, -0.15) is 0 Å². The summed E-state index contributed by atoms with van der Waals surface area (Å²) in [4.78, 5) is 11.1. The average Bonchev–Trinajstić information content (AvgIpc) is 2.48. The van der Waals surface area contributed by atoms with Crippen molar-refractivity contribution >= 4 is 5.97 Å².